The number of aryl methyl sites for hydroxylation is 1. The highest BCUT2D eigenvalue weighted by Gasteiger charge is 2.05. The molecule has 2 N–H and O–H groups in total. The highest BCUT2D eigenvalue weighted by atomic mass is 16.5. The number of rotatable bonds is 7. The molecule has 0 aliphatic rings. The average Bonchev–Trinajstić information content (AvgIpc) is 3.04. The number of aromatic nitrogens is 3. The summed E-state index contributed by atoms with van der Waals surface area (Å²) < 4.78 is 12.0. The fourth-order valence-corrected chi connectivity index (χ4v) is 1.85. The third-order valence-corrected chi connectivity index (χ3v) is 2.93. The van der Waals surface area contributed by atoms with Crippen LogP contribution in [0.15, 0.2) is 30.6 Å². The van der Waals surface area contributed by atoms with Crippen molar-refractivity contribution in [3.8, 4) is 11.5 Å². The second kappa shape index (κ2) is 7.87. The average molecular weight is 305 g/mol. The quantitative estimate of drug-likeness (QED) is 0.757. The molecule has 1 aromatic carbocycles. The Balaban J connectivity index is 1.78. The van der Waals surface area contributed by atoms with Crippen LogP contribution in [0.25, 0.3) is 0 Å². The molecule has 8 heteroatoms. The maximum atomic E-state index is 11.8. The molecule has 0 aliphatic carbocycles. The Bertz CT molecular complexity index is 578. The van der Waals surface area contributed by atoms with Gasteiger partial charge in [0.1, 0.15) is 11.5 Å². The molecule has 8 nitrogen and oxygen atoms in total. The number of nitrogens with zero attached hydrogens (tertiary/aromatic N) is 3. The number of hydrogen-bond donors (Lipinski definition) is 2. The molecular weight excluding hydrogens is 286 g/mol. The van der Waals surface area contributed by atoms with Crippen molar-refractivity contribution in [1.82, 2.24) is 20.3 Å². The van der Waals surface area contributed by atoms with Gasteiger partial charge in [-0.3, -0.25) is 4.68 Å². The summed E-state index contributed by atoms with van der Waals surface area (Å²) in [6.07, 6.45) is 4.16. The van der Waals surface area contributed by atoms with Crippen LogP contribution in [-0.4, -0.2) is 41.8 Å². The highest BCUT2D eigenvalue weighted by molar-refractivity contribution is 5.89. The molecule has 0 unspecified atom stereocenters. The first-order valence-corrected chi connectivity index (χ1v) is 6.83. The van der Waals surface area contributed by atoms with Crippen LogP contribution in [0.4, 0.5) is 10.5 Å². The number of anilines is 1. The van der Waals surface area contributed by atoms with Crippen LogP contribution >= 0.6 is 0 Å². The molecule has 2 amide bonds. The Hall–Kier alpha value is -2.77. The molecule has 0 atom stereocenters. The summed E-state index contributed by atoms with van der Waals surface area (Å²) in [6, 6.07) is 4.89. The number of ether oxygens (including phenoxy) is 2. The summed E-state index contributed by atoms with van der Waals surface area (Å²) >= 11 is 0. The maximum absolute atomic E-state index is 11.8. The highest BCUT2D eigenvalue weighted by Crippen LogP contribution is 2.25. The molecule has 0 bridgehead atoms. The van der Waals surface area contributed by atoms with Crippen molar-refractivity contribution >= 4 is 11.7 Å². The van der Waals surface area contributed by atoms with Gasteiger partial charge in [-0.15, -0.1) is 5.10 Å². The van der Waals surface area contributed by atoms with Crippen molar-refractivity contribution in [2.75, 3.05) is 26.1 Å². The minimum atomic E-state index is -0.283. The van der Waals surface area contributed by atoms with Gasteiger partial charge in [-0.05, 0) is 6.42 Å². The van der Waals surface area contributed by atoms with Crippen molar-refractivity contribution in [3.63, 3.8) is 0 Å². The molecule has 0 saturated heterocycles. The molecule has 1 heterocycles. The monoisotopic (exact) mass is 305 g/mol. The third kappa shape index (κ3) is 4.65. The first-order chi connectivity index (χ1) is 10.7. The predicted octanol–water partition coefficient (Wildman–Crippen LogP) is 1.51. The minimum Gasteiger partial charge on any atom is -0.497 e. The molecule has 0 radical (unpaired) electrons. The molecule has 1 aromatic heterocycles. The molecule has 0 fully saturated rings. The first kappa shape index (κ1) is 15.6. The predicted molar refractivity (Wildman–Crippen MR) is 81.2 cm³/mol. The number of hydrogen-bond acceptors (Lipinski definition) is 5. The van der Waals surface area contributed by atoms with Crippen LogP contribution in [0.1, 0.15) is 6.42 Å². The van der Waals surface area contributed by atoms with Crippen LogP contribution in [-0.2, 0) is 6.54 Å². The number of methoxy groups -OCH3 is 2. The summed E-state index contributed by atoms with van der Waals surface area (Å²) in [5.41, 5.74) is 0.602. The largest absolute Gasteiger partial charge is 0.497 e. The lowest BCUT2D eigenvalue weighted by Crippen LogP contribution is -2.30. The number of urea groups is 1. The van der Waals surface area contributed by atoms with E-state index in [1.54, 1.807) is 49.5 Å². The van der Waals surface area contributed by atoms with E-state index in [9.17, 15) is 4.79 Å². The van der Waals surface area contributed by atoms with Crippen molar-refractivity contribution < 1.29 is 14.3 Å². The topological polar surface area (TPSA) is 90.3 Å². The zero-order valence-electron chi connectivity index (χ0n) is 12.6. The molecule has 2 rings (SSSR count). The Morgan fingerprint density at radius 1 is 1.23 bits per heavy atom. The number of amides is 2. The van der Waals surface area contributed by atoms with Crippen LogP contribution in [0, 0.1) is 0 Å². The van der Waals surface area contributed by atoms with Gasteiger partial charge in [0.25, 0.3) is 0 Å². The molecule has 118 valence electrons. The van der Waals surface area contributed by atoms with Gasteiger partial charge in [0.05, 0.1) is 20.4 Å². The van der Waals surface area contributed by atoms with E-state index in [4.69, 9.17) is 9.47 Å². The SMILES string of the molecule is COc1cc(NC(=O)NCCCn2ccnn2)cc(OC)c1. The smallest absolute Gasteiger partial charge is 0.319 e. The van der Waals surface area contributed by atoms with E-state index in [2.05, 4.69) is 20.9 Å². The summed E-state index contributed by atoms with van der Waals surface area (Å²) in [4.78, 5) is 11.8. The van der Waals surface area contributed by atoms with Crippen LogP contribution in [0.3, 0.4) is 0 Å². The summed E-state index contributed by atoms with van der Waals surface area (Å²) in [7, 11) is 3.12. The van der Waals surface area contributed by atoms with E-state index in [0.29, 0.717) is 30.3 Å². The van der Waals surface area contributed by atoms with Crippen LogP contribution in [0.5, 0.6) is 11.5 Å². The van der Waals surface area contributed by atoms with Gasteiger partial charge in [-0.2, -0.15) is 0 Å². The van der Waals surface area contributed by atoms with Gasteiger partial charge in [0.15, 0.2) is 0 Å². The van der Waals surface area contributed by atoms with E-state index in [1.165, 1.54) is 0 Å². The first-order valence-electron chi connectivity index (χ1n) is 6.83. The van der Waals surface area contributed by atoms with E-state index in [0.717, 1.165) is 6.42 Å². The van der Waals surface area contributed by atoms with Gasteiger partial charge in [-0.25, -0.2) is 4.79 Å². The maximum Gasteiger partial charge on any atom is 0.319 e. The van der Waals surface area contributed by atoms with E-state index >= 15 is 0 Å². The second-order valence-corrected chi connectivity index (χ2v) is 4.50. The summed E-state index contributed by atoms with van der Waals surface area (Å²) in [5.74, 6) is 1.22. The molecule has 22 heavy (non-hydrogen) atoms. The lowest BCUT2D eigenvalue weighted by Gasteiger charge is -2.10. The summed E-state index contributed by atoms with van der Waals surface area (Å²) in [6.45, 7) is 1.24. The fraction of sp³-hybridized carbons (Fsp3) is 0.357. The van der Waals surface area contributed by atoms with Gasteiger partial charge in [0, 0.05) is 43.2 Å². The lowest BCUT2D eigenvalue weighted by atomic mass is 10.3. The number of nitrogens with one attached hydrogen (secondary N) is 2. The van der Waals surface area contributed by atoms with Crippen molar-refractivity contribution in [3.05, 3.63) is 30.6 Å². The van der Waals surface area contributed by atoms with Gasteiger partial charge in [0.2, 0.25) is 0 Å². The number of benzene rings is 1. The Morgan fingerprint density at radius 2 is 1.95 bits per heavy atom. The van der Waals surface area contributed by atoms with E-state index in [1.807, 2.05) is 0 Å². The van der Waals surface area contributed by atoms with Crippen LogP contribution in [0.2, 0.25) is 0 Å². The summed E-state index contributed by atoms with van der Waals surface area (Å²) in [5, 5.41) is 13.1. The third-order valence-electron chi connectivity index (χ3n) is 2.93. The minimum absolute atomic E-state index is 0.283. The Morgan fingerprint density at radius 3 is 2.55 bits per heavy atom. The standard InChI is InChI=1S/C14H19N5O3/c1-21-12-8-11(9-13(10-12)22-2)17-14(20)15-4-3-6-19-7-5-16-18-19/h5,7-10H,3-4,6H2,1-2H3,(H2,15,17,20). The molecule has 2 aromatic rings. The molecule has 0 saturated carbocycles. The van der Waals surface area contributed by atoms with E-state index < -0.39 is 0 Å². The zero-order valence-corrected chi connectivity index (χ0v) is 12.6. The van der Waals surface area contributed by atoms with Crippen LogP contribution < -0.4 is 20.1 Å². The normalized spacial score (nSPS) is 10.1. The second-order valence-electron chi connectivity index (χ2n) is 4.50. The molecule has 0 spiro atoms. The fourth-order valence-electron chi connectivity index (χ4n) is 1.85. The van der Waals surface area contributed by atoms with Gasteiger partial charge >= 0.3 is 6.03 Å². The number of carbonyl (C=O) groups excluding carboxylic acids is 1. The zero-order chi connectivity index (χ0) is 15.8. The molecular formula is C14H19N5O3. The Labute approximate surface area is 128 Å². The van der Waals surface area contributed by atoms with Gasteiger partial charge < -0.3 is 20.1 Å². The van der Waals surface area contributed by atoms with Gasteiger partial charge in [-0.1, -0.05) is 5.21 Å². The number of carbonyl (C=O) groups is 1. The van der Waals surface area contributed by atoms with Crippen molar-refractivity contribution in [2.24, 2.45) is 0 Å². The Kier molecular flexibility index (Phi) is 5.58. The molecule has 0 aliphatic heterocycles. The van der Waals surface area contributed by atoms with E-state index in [-0.39, 0.29) is 6.03 Å². The van der Waals surface area contributed by atoms with Crippen molar-refractivity contribution in [1.29, 1.82) is 0 Å². The lowest BCUT2D eigenvalue weighted by molar-refractivity contribution is 0.251. The van der Waals surface area contributed by atoms with Crippen molar-refractivity contribution in [2.45, 2.75) is 13.0 Å².